The number of nitrogens with two attached hydrogens (primary N) is 1. The first-order valence-electron chi connectivity index (χ1n) is 6.21. The van der Waals surface area contributed by atoms with E-state index in [-0.39, 0.29) is 6.42 Å². The first-order valence-corrected chi connectivity index (χ1v) is 6.21. The van der Waals surface area contributed by atoms with Gasteiger partial charge in [-0.25, -0.2) is 0 Å². The van der Waals surface area contributed by atoms with Crippen molar-refractivity contribution >= 4 is 5.69 Å². The number of benzene rings is 1. The Morgan fingerprint density at radius 3 is 2.47 bits per heavy atom. The van der Waals surface area contributed by atoms with Crippen molar-refractivity contribution in [3.05, 3.63) is 29.8 Å². The molecule has 1 aromatic carbocycles. The monoisotopic (exact) mass is 274 g/mol. The van der Waals surface area contributed by atoms with Gasteiger partial charge in [-0.2, -0.15) is 13.2 Å². The van der Waals surface area contributed by atoms with Crippen LogP contribution in [0.1, 0.15) is 5.56 Å². The zero-order valence-corrected chi connectivity index (χ0v) is 10.5. The van der Waals surface area contributed by atoms with Crippen LogP contribution in [0.3, 0.4) is 0 Å². The van der Waals surface area contributed by atoms with Crippen molar-refractivity contribution < 1.29 is 17.9 Å². The highest BCUT2D eigenvalue weighted by Gasteiger charge is 2.37. The molecule has 0 radical (unpaired) electrons. The van der Waals surface area contributed by atoms with Crippen LogP contribution in [0.15, 0.2) is 24.3 Å². The molecule has 1 aliphatic heterocycles. The summed E-state index contributed by atoms with van der Waals surface area (Å²) in [6.45, 7) is 2.58. The van der Waals surface area contributed by atoms with Crippen LogP contribution in [0.25, 0.3) is 0 Å². The molecule has 0 saturated carbocycles. The summed E-state index contributed by atoms with van der Waals surface area (Å²) in [5.74, 6) is 0. The lowest BCUT2D eigenvalue weighted by Crippen LogP contribution is -2.40. The molecular formula is C13H17F3N2O. The van der Waals surface area contributed by atoms with Crippen LogP contribution < -0.4 is 10.6 Å². The quantitative estimate of drug-likeness (QED) is 0.915. The second-order valence-corrected chi connectivity index (χ2v) is 4.58. The summed E-state index contributed by atoms with van der Waals surface area (Å²) in [5, 5.41) is 0. The molecule has 0 spiro atoms. The highest BCUT2D eigenvalue weighted by molar-refractivity contribution is 5.54. The summed E-state index contributed by atoms with van der Waals surface area (Å²) in [4.78, 5) is 2.04. The maximum Gasteiger partial charge on any atom is 0.403 e. The zero-order chi connectivity index (χ0) is 13.9. The average Bonchev–Trinajstić information content (AvgIpc) is 2.39. The minimum atomic E-state index is -4.36. The molecule has 1 heterocycles. The summed E-state index contributed by atoms with van der Waals surface area (Å²) in [6.07, 6.45) is -4.56. The molecule has 2 N–H and O–H groups in total. The number of anilines is 1. The fraction of sp³-hybridized carbons (Fsp3) is 0.538. The van der Waals surface area contributed by atoms with Crippen LogP contribution in [-0.2, 0) is 11.2 Å². The zero-order valence-electron chi connectivity index (χ0n) is 10.5. The first kappa shape index (κ1) is 14.1. The van der Waals surface area contributed by atoms with Gasteiger partial charge < -0.3 is 15.4 Å². The van der Waals surface area contributed by atoms with Gasteiger partial charge in [0.1, 0.15) is 6.04 Å². The molecule has 1 saturated heterocycles. The summed E-state index contributed by atoms with van der Waals surface area (Å²) in [6, 6.07) is 5.28. The number of alkyl halides is 3. The molecule has 0 bridgehead atoms. The summed E-state index contributed by atoms with van der Waals surface area (Å²) >= 11 is 0. The molecule has 106 valence electrons. The summed E-state index contributed by atoms with van der Waals surface area (Å²) in [7, 11) is 0. The van der Waals surface area contributed by atoms with Gasteiger partial charge in [0.05, 0.1) is 13.2 Å². The lowest BCUT2D eigenvalue weighted by atomic mass is 10.0. The van der Waals surface area contributed by atoms with Crippen LogP contribution in [-0.4, -0.2) is 38.5 Å². The van der Waals surface area contributed by atoms with Gasteiger partial charge in [0, 0.05) is 18.8 Å². The Bertz CT molecular complexity index is 417. The van der Waals surface area contributed by atoms with Crippen molar-refractivity contribution in [2.75, 3.05) is 31.2 Å². The Morgan fingerprint density at radius 2 is 1.84 bits per heavy atom. The van der Waals surface area contributed by atoms with Gasteiger partial charge in [0.2, 0.25) is 0 Å². The largest absolute Gasteiger partial charge is 0.403 e. The number of morpholine rings is 1. The van der Waals surface area contributed by atoms with Gasteiger partial charge in [0.15, 0.2) is 0 Å². The van der Waals surface area contributed by atoms with Crippen LogP contribution in [0.2, 0.25) is 0 Å². The van der Waals surface area contributed by atoms with Crippen molar-refractivity contribution in [1.82, 2.24) is 0 Å². The fourth-order valence-electron chi connectivity index (χ4n) is 2.15. The van der Waals surface area contributed by atoms with Crippen LogP contribution in [0, 0.1) is 0 Å². The van der Waals surface area contributed by atoms with E-state index in [0.29, 0.717) is 31.9 Å². The van der Waals surface area contributed by atoms with E-state index in [9.17, 15) is 13.2 Å². The molecule has 1 atom stereocenters. The molecule has 2 rings (SSSR count). The van der Waals surface area contributed by atoms with E-state index in [1.165, 1.54) is 0 Å². The number of halogens is 3. The number of para-hydroxylation sites is 1. The maximum atomic E-state index is 12.6. The van der Waals surface area contributed by atoms with Gasteiger partial charge in [-0.1, -0.05) is 18.2 Å². The van der Waals surface area contributed by atoms with Crippen LogP contribution in [0.4, 0.5) is 18.9 Å². The lowest BCUT2D eigenvalue weighted by Gasteiger charge is -2.31. The Morgan fingerprint density at radius 1 is 1.21 bits per heavy atom. The molecule has 3 nitrogen and oxygen atoms in total. The highest BCUT2D eigenvalue weighted by atomic mass is 19.4. The molecule has 1 aliphatic rings. The first-order chi connectivity index (χ1) is 8.98. The Labute approximate surface area is 110 Å². The topological polar surface area (TPSA) is 38.5 Å². The highest BCUT2D eigenvalue weighted by Crippen LogP contribution is 2.27. The molecule has 0 aromatic heterocycles. The maximum absolute atomic E-state index is 12.6. The molecule has 6 heteroatoms. The van der Waals surface area contributed by atoms with Gasteiger partial charge in [-0.15, -0.1) is 0 Å². The van der Waals surface area contributed by atoms with Gasteiger partial charge in [-0.3, -0.25) is 0 Å². The summed E-state index contributed by atoms with van der Waals surface area (Å²) < 4.78 is 42.9. The molecule has 1 aromatic rings. The number of nitrogens with zero attached hydrogens (tertiary/aromatic N) is 1. The second-order valence-electron chi connectivity index (χ2n) is 4.58. The lowest BCUT2D eigenvalue weighted by molar-refractivity contribution is -0.147. The predicted molar refractivity (Wildman–Crippen MR) is 67.2 cm³/mol. The third kappa shape index (κ3) is 3.61. The van der Waals surface area contributed by atoms with Crippen LogP contribution >= 0.6 is 0 Å². The Hall–Kier alpha value is -1.27. The molecule has 1 unspecified atom stereocenters. The van der Waals surface area contributed by atoms with Gasteiger partial charge in [-0.05, 0) is 18.1 Å². The SMILES string of the molecule is NC(Cc1ccccc1N1CCOCC1)C(F)(F)F. The smallest absolute Gasteiger partial charge is 0.378 e. The van der Waals surface area contributed by atoms with Crippen molar-refractivity contribution in [1.29, 1.82) is 0 Å². The number of ether oxygens (including phenoxy) is 1. The van der Waals surface area contributed by atoms with E-state index in [4.69, 9.17) is 10.5 Å². The fourth-order valence-corrected chi connectivity index (χ4v) is 2.15. The standard InChI is InChI=1S/C13H17F3N2O/c14-13(15,16)12(17)9-10-3-1-2-4-11(10)18-5-7-19-8-6-18/h1-4,12H,5-9,17H2. The van der Waals surface area contributed by atoms with E-state index in [1.807, 2.05) is 17.0 Å². The van der Waals surface area contributed by atoms with E-state index in [1.54, 1.807) is 12.1 Å². The Balaban J connectivity index is 2.16. The average molecular weight is 274 g/mol. The molecule has 19 heavy (non-hydrogen) atoms. The molecule has 0 aliphatic carbocycles. The van der Waals surface area contributed by atoms with Crippen molar-refractivity contribution in [2.45, 2.75) is 18.6 Å². The number of hydrogen-bond donors (Lipinski definition) is 1. The van der Waals surface area contributed by atoms with Crippen LogP contribution in [0.5, 0.6) is 0 Å². The predicted octanol–water partition coefficient (Wildman–Crippen LogP) is 1.96. The van der Waals surface area contributed by atoms with E-state index in [2.05, 4.69) is 0 Å². The third-order valence-electron chi connectivity index (χ3n) is 3.20. The van der Waals surface area contributed by atoms with Gasteiger partial charge in [0.25, 0.3) is 0 Å². The second kappa shape index (κ2) is 5.79. The van der Waals surface area contributed by atoms with Crippen molar-refractivity contribution in [3.63, 3.8) is 0 Å². The molecule has 1 fully saturated rings. The van der Waals surface area contributed by atoms with Crippen molar-refractivity contribution in [3.8, 4) is 0 Å². The van der Waals surface area contributed by atoms with E-state index < -0.39 is 12.2 Å². The summed E-state index contributed by atoms with van der Waals surface area (Å²) in [5.41, 5.74) is 6.67. The Kier molecular flexibility index (Phi) is 4.31. The number of rotatable bonds is 3. The van der Waals surface area contributed by atoms with Gasteiger partial charge >= 0.3 is 6.18 Å². The minimum absolute atomic E-state index is 0.197. The van der Waals surface area contributed by atoms with E-state index >= 15 is 0 Å². The normalized spacial score (nSPS) is 18.4. The molecule has 0 amide bonds. The van der Waals surface area contributed by atoms with Crippen molar-refractivity contribution in [2.24, 2.45) is 5.73 Å². The minimum Gasteiger partial charge on any atom is -0.378 e. The van der Waals surface area contributed by atoms with E-state index in [0.717, 1.165) is 5.69 Å². The third-order valence-corrected chi connectivity index (χ3v) is 3.20. The number of hydrogen-bond acceptors (Lipinski definition) is 3. The molecular weight excluding hydrogens is 257 g/mol.